The van der Waals surface area contributed by atoms with Gasteiger partial charge in [0.25, 0.3) is 0 Å². The minimum absolute atomic E-state index is 0.295. The highest BCUT2D eigenvalue weighted by atomic mass is 16.5. The number of aromatic nitrogens is 2. The third-order valence-corrected chi connectivity index (χ3v) is 3.51. The molecule has 106 valence electrons. The lowest BCUT2D eigenvalue weighted by Gasteiger charge is -2.13. The van der Waals surface area contributed by atoms with E-state index in [0.717, 1.165) is 25.2 Å². The Labute approximate surface area is 113 Å². The minimum Gasteiger partial charge on any atom is -0.462 e. The van der Waals surface area contributed by atoms with Crippen LogP contribution in [0.2, 0.25) is 0 Å². The molecule has 0 amide bonds. The Morgan fingerprint density at radius 1 is 1.58 bits per heavy atom. The number of rotatable bonds is 5. The van der Waals surface area contributed by atoms with Gasteiger partial charge in [-0.2, -0.15) is 5.10 Å². The monoisotopic (exact) mass is 266 g/mol. The molecule has 1 aliphatic rings. The first-order valence-corrected chi connectivity index (χ1v) is 6.71. The van der Waals surface area contributed by atoms with E-state index in [0.29, 0.717) is 24.8 Å². The number of nitrogens with zero attached hydrogens (tertiary/aromatic N) is 3. The third kappa shape index (κ3) is 3.33. The fourth-order valence-corrected chi connectivity index (χ4v) is 2.39. The first-order chi connectivity index (χ1) is 9.11. The van der Waals surface area contributed by atoms with Crippen molar-refractivity contribution in [2.75, 3.05) is 26.7 Å². The van der Waals surface area contributed by atoms with E-state index in [9.17, 15) is 4.79 Å². The Balaban J connectivity index is 1.99. The van der Waals surface area contributed by atoms with Crippen molar-refractivity contribution in [2.45, 2.75) is 25.9 Å². The summed E-state index contributed by atoms with van der Waals surface area (Å²) in [6.45, 7) is 5.00. The van der Waals surface area contributed by atoms with Crippen LogP contribution in [0.3, 0.4) is 0 Å². The van der Waals surface area contributed by atoms with Crippen molar-refractivity contribution >= 4 is 5.97 Å². The van der Waals surface area contributed by atoms with Gasteiger partial charge in [0, 0.05) is 26.2 Å². The minimum atomic E-state index is -0.295. The molecule has 6 nitrogen and oxygen atoms in total. The molecule has 2 rings (SSSR count). The lowest BCUT2D eigenvalue weighted by Crippen LogP contribution is -2.32. The van der Waals surface area contributed by atoms with Gasteiger partial charge < -0.3 is 15.0 Å². The van der Waals surface area contributed by atoms with Gasteiger partial charge in [0.05, 0.1) is 18.5 Å². The summed E-state index contributed by atoms with van der Waals surface area (Å²) in [5.74, 6) is -0.295. The Kier molecular flexibility index (Phi) is 4.55. The first-order valence-electron chi connectivity index (χ1n) is 6.71. The van der Waals surface area contributed by atoms with E-state index in [-0.39, 0.29) is 5.97 Å². The van der Waals surface area contributed by atoms with Crippen LogP contribution < -0.4 is 5.32 Å². The van der Waals surface area contributed by atoms with Crippen molar-refractivity contribution in [1.29, 1.82) is 0 Å². The van der Waals surface area contributed by atoms with E-state index in [1.165, 1.54) is 0 Å². The molecule has 1 aromatic rings. The number of aryl methyl sites for hydroxylation is 1. The normalized spacial score (nSPS) is 19.8. The number of hydrogen-bond donors (Lipinski definition) is 1. The first kappa shape index (κ1) is 14.0. The van der Waals surface area contributed by atoms with Crippen LogP contribution in [0.5, 0.6) is 0 Å². The Bertz CT molecular complexity index is 444. The molecule has 1 aliphatic heterocycles. The molecule has 6 heteroatoms. The average molecular weight is 266 g/mol. The van der Waals surface area contributed by atoms with Crippen molar-refractivity contribution in [3.05, 3.63) is 17.5 Å². The van der Waals surface area contributed by atoms with E-state index in [4.69, 9.17) is 4.74 Å². The zero-order valence-corrected chi connectivity index (χ0v) is 11.8. The molecule has 1 fully saturated rings. The zero-order chi connectivity index (χ0) is 13.8. The van der Waals surface area contributed by atoms with Crippen molar-refractivity contribution in [3.8, 4) is 0 Å². The number of carbonyl (C=O) groups is 1. The van der Waals surface area contributed by atoms with Crippen LogP contribution in [0.15, 0.2) is 6.20 Å². The van der Waals surface area contributed by atoms with Crippen LogP contribution in [0.25, 0.3) is 0 Å². The Morgan fingerprint density at radius 2 is 2.37 bits per heavy atom. The summed E-state index contributed by atoms with van der Waals surface area (Å²) in [6.07, 6.45) is 2.72. The highest BCUT2D eigenvalue weighted by molar-refractivity contribution is 5.90. The van der Waals surface area contributed by atoms with Gasteiger partial charge in [0.15, 0.2) is 0 Å². The fraction of sp³-hybridized carbons (Fsp3) is 0.692. The van der Waals surface area contributed by atoms with Gasteiger partial charge in [-0.15, -0.1) is 0 Å². The van der Waals surface area contributed by atoms with Gasteiger partial charge in [-0.3, -0.25) is 4.68 Å². The molecule has 0 bridgehead atoms. The van der Waals surface area contributed by atoms with E-state index >= 15 is 0 Å². The average Bonchev–Trinajstić information content (AvgIpc) is 2.94. The predicted octanol–water partition coefficient (Wildman–Crippen LogP) is 0.391. The summed E-state index contributed by atoms with van der Waals surface area (Å²) < 4.78 is 6.78. The molecule has 1 atom stereocenters. The van der Waals surface area contributed by atoms with E-state index < -0.39 is 0 Å². The summed E-state index contributed by atoms with van der Waals surface area (Å²) in [5, 5.41) is 7.63. The Morgan fingerprint density at radius 3 is 3.00 bits per heavy atom. The van der Waals surface area contributed by atoms with E-state index in [2.05, 4.69) is 22.4 Å². The summed E-state index contributed by atoms with van der Waals surface area (Å²) in [7, 11) is 3.97. The van der Waals surface area contributed by atoms with Gasteiger partial charge in [-0.05, 0) is 26.9 Å². The summed E-state index contributed by atoms with van der Waals surface area (Å²) >= 11 is 0. The highest BCUT2D eigenvalue weighted by Crippen LogP contribution is 2.12. The van der Waals surface area contributed by atoms with Gasteiger partial charge in [-0.1, -0.05) is 0 Å². The number of ether oxygens (including phenoxy) is 1. The maximum absolute atomic E-state index is 11.8. The molecule has 1 aromatic heterocycles. The molecule has 0 saturated carbocycles. The van der Waals surface area contributed by atoms with Crippen LogP contribution >= 0.6 is 0 Å². The molecule has 1 N–H and O–H groups in total. The van der Waals surface area contributed by atoms with Crippen LogP contribution in [-0.2, 0) is 18.3 Å². The third-order valence-electron chi connectivity index (χ3n) is 3.51. The van der Waals surface area contributed by atoms with Gasteiger partial charge in [-0.25, -0.2) is 4.79 Å². The fourth-order valence-electron chi connectivity index (χ4n) is 2.39. The van der Waals surface area contributed by atoms with Crippen LogP contribution in [0.1, 0.15) is 29.4 Å². The van der Waals surface area contributed by atoms with Crippen LogP contribution in [0, 0.1) is 0 Å². The molecule has 19 heavy (non-hydrogen) atoms. The number of likely N-dealkylation sites (N-methyl/N-ethyl adjacent to an activating group) is 1. The zero-order valence-electron chi connectivity index (χ0n) is 11.8. The molecular formula is C13H22N4O2. The van der Waals surface area contributed by atoms with Crippen LogP contribution in [-0.4, -0.2) is 53.4 Å². The number of carbonyl (C=O) groups excluding carboxylic acids is 1. The molecular weight excluding hydrogens is 244 g/mol. The summed E-state index contributed by atoms with van der Waals surface area (Å²) in [5.41, 5.74) is 1.44. The van der Waals surface area contributed by atoms with Crippen molar-refractivity contribution in [2.24, 2.45) is 7.05 Å². The lowest BCUT2D eigenvalue weighted by atomic mass is 10.2. The molecule has 1 unspecified atom stereocenters. The summed E-state index contributed by atoms with van der Waals surface area (Å²) in [4.78, 5) is 14.1. The molecule has 1 saturated heterocycles. The SMILES string of the molecule is CCOC(=O)c1cnn(C)c1CNC1CCN(C)C1. The quantitative estimate of drug-likeness (QED) is 0.781. The molecule has 0 aromatic carbocycles. The lowest BCUT2D eigenvalue weighted by molar-refractivity contribution is 0.0524. The van der Waals surface area contributed by atoms with Gasteiger partial charge >= 0.3 is 5.97 Å². The maximum atomic E-state index is 11.8. The second kappa shape index (κ2) is 6.16. The molecule has 2 heterocycles. The standard InChI is InChI=1S/C13H22N4O2/c1-4-19-13(18)11-7-15-17(3)12(11)8-14-10-5-6-16(2)9-10/h7,10,14H,4-6,8-9H2,1-3H3. The maximum Gasteiger partial charge on any atom is 0.341 e. The van der Waals surface area contributed by atoms with Crippen molar-refractivity contribution < 1.29 is 9.53 Å². The summed E-state index contributed by atoms with van der Waals surface area (Å²) in [6, 6.07) is 0.481. The van der Waals surface area contributed by atoms with E-state index in [1.54, 1.807) is 17.8 Å². The number of hydrogen-bond acceptors (Lipinski definition) is 5. The number of nitrogens with one attached hydrogen (secondary N) is 1. The topological polar surface area (TPSA) is 59.4 Å². The van der Waals surface area contributed by atoms with Gasteiger partial charge in [0.2, 0.25) is 0 Å². The van der Waals surface area contributed by atoms with Gasteiger partial charge in [0.1, 0.15) is 5.56 Å². The van der Waals surface area contributed by atoms with E-state index in [1.807, 2.05) is 7.05 Å². The van der Waals surface area contributed by atoms with Crippen molar-refractivity contribution in [1.82, 2.24) is 20.0 Å². The smallest absolute Gasteiger partial charge is 0.341 e. The molecule has 0 aliphatic carbocycles. The second-order valence-electron chi connectivity index (χ2n) is 4.98. The molecule has 0 spiro atoms. The Hall–Kier alpha value is -1.40. The number of likely N-dealkylation sites (tertiary alicyclic amines) is 1. The molecule has 0 radical (unpaired) electrons. The number of esters is 1. The largest absolute Gasteiger partial charge is 0.462 e. The van der Waals surface area contributed by atoms with Crippen LogP contribution in [0.4, 0.5) is 0 Å². The second-order valence-corrected chi connectivity index (χ2v) is 4.98. The predicted molar refractivity (Wildman–Crippen MR) is 71.9 cm³/mol. The highest BCUT2D eigenvalue weighted by Gasteiger charge is 2.21. The van der Waals surface area contributed by atoms with Crippen molar-refractivity contribution in [3.63, 3.8) is 0 Å².